The monoisotopic (exact) mass is 505 g/mol. The summed E-state index contributed by atoms with van der Waals surface area (Å²) in [6, 6.07) is 27.2. The number of methoxy groups -OCH3 is 1. The van der Waals surface area contributed by atoms with Gasteiger partial charge in [0.05, 0.1) is 32.5 Å². The zero-order valence-electron chi connectivity index (χ0n) is 21.4. The summed E-state index contributed by atoms with van der Waals surface area (Å²) >= 11 is 0. The van der Waals surface area contributed by atoms with Gasteiger partial charge in [0.2, 0.25) is 0 Å². The Morgan fingerprint density at radius 1 is 0.889 bits per heavy atom. The first kappa shape index (κ1) is 27.5. The van der Waals surface area contributed by atoms with E-state index in [1.165, 1.54) is 0 Å². The molecule has 7 nitrogen and oxygen atoms in total. The minimum atomic E-state index is -2.83. The number of hydrogen-bond acceptors (Lipinski definition) is 5. The van der Waals surface area contributed by atoms with Crippen molar-refractivity contribution in [1.29, 1.82) is 0 Å². The molecule has 190 valence electrons. The van der Waals surface area contributed by atoms with Crippen LogP contribution >= 0.6 is 0 Å². The van der Waals surface area contributed by atoms with E-state index in [1.54, 1.807) is 7.11 Å². The molecule has 1 N–H and O–H groups in total. The van der Waals surface area contributed by atoms with E-state index in [2.05, 4.69) is 55.1 Å². The Morgan fingerprint density at radius 2 is 1.44 bits per heavy atom. The lowest BCUT2D eigenvalue weighted by Gasteiger charge is -2.43. The van der Waals surface area contributed by atoms with E-state index in [0.29, 0.717) is 6.61 Å². The lowest BCUT2D eigenvalue weighted by molar-refractivity contribution is 0.00756. The molecule has 0 saturated heterocycles. The summed E-state index contributed by atoms with van der Waals surface area (Å²) in [5, 5.41) is 16.8. The van der Waals surface area contributed by atoms with E-state index in [-0.39, 0.29) is 18.3 Å². The Balaban J connectivity index is 1.79. The van der Waals surface area contributed by atoms with Crippen LogP contribution in [0.5, 0.6) is 5.75 Å². The predicted molar refractivity (Wildman–Crippen MR) is 145 cm³/mol. The number of benzene rings is 3. The van der Waals surface area contributed by atoms with Crippen molar-refractivity contribution in [3.8, 4) is 5.75 Å². The molecule has 0 aliphatic rings. The molecular weight excluding hydrogens is 470 g/mol. The van der Waals surface area contributed by atoms with Gasteiger partial charge in [-0.3, -0.25) is 0 Å². The van der Waals surface area contributed by atoms with Gasteiger partial charge in [-0.1, -0.05) is 98.7 Å². The zero-order chi connectivity index (χ0) is 26.0. The third-order valence-corrected chi connectivity index (χ3v) is 11.3. The van der Waals surface area contributed by atoms with E-state index < -0.39 is 20.5 Å². The molecule has 0 saturated carbocycles. The number of hydrogen-bond donors (Lipinski definition) is 1. The molecule has 36 heavy (non-hydrogen) atoms. The third kappa shape index (κ3) is 6.54. The minimum Gasteiger partial charge on any atom is -0.497 e. The van der Waals surface area contributed by atoms with Gasteiger partial charge in [0.25, 0.3) is 8.32 Å². The minimum absolute atomic E-state index is 0.0137. The summed E-state index contributed by atoms with van der Waals surface area (Å²) < 4.78 is 17.7. The fourth-order valence-electron chi connectivity index (χ4n) is 4.39. The maximum atomic E-state index is 10.9. The van der Waals surface area contributed by atoms with Gasteiger partial charge in [0.1, 0.15) is 5.75 Å². The molecule has 0 fully saturated rings. The molecule has 0 aliphatic carbocycles. The van der Waals surface area contributed by atoms with Crippen LogP contribution in [0.2, 0.25) is 5.04 Å². The van der Waals surface area contributed by atoms with Crippen molar-refractivity contribution in [1.82, 2.24) is 0 Å². The number of azide groups is 1. The van der Waals surface area contributed by atoms with Crippen LogP contribution < -0.4 is 15.1 Å². The molecule has 0 aromatic heterocycles. The summed E-state index contributed by atoms with van der Waals surface area (Å²) in [4.78, 5) is 2.98. The first-order valence-corrected chi connectivity index (χ1v) is 13.9. The Morgan fingerprint density at radius 3 is 1.92 bits per heavy atom. The summed E-state index contributed by atoms with van der Waals surface area (Å²) in [5.74, 6) is 0.766. The Kier molecular flexibility index (Phi) is 9.70. The fourth-order valence-corrected chi connectivity index (χ4v) is 8.97. The van der Waals surface area contributed by atoms with Crippen molar-refractivity contribution in [3.05, 3.63) is 101 Å². The van der Waals surface area contributed by atoms with E-state index >= 15 is 0 Å². The largest absolute Gasteiger partial charge is 0.497 e. The van der Waals surface area contributed by atoms with Crippen LogP contribution in [0.1, 0.15) is 26.3 Å². The molecule has 3 aromatic carbocycles. The molecule has 0 spiro atoms. The van der Waals surface area contributed by atoms with Crippen molar-refractivity contribution in [2.45, 2.75) is 44.6 Å². The highest BCUT2D eigenvalue weighted by atomic mass is 28.4. The van der Waals surface area contributed by atoms with Crippen LogP contribution in [-0.4, -0.2) is 45.9 Å². The predicted octanol–water partition coefficient (Wildman–Crippen LogP) is 4.83. The summed E-state index contributed by atoms with van der Waals surface area (Å²) in [7, 11) is -1.21. The van der Waals surface area contributed by atoms with Crippen molar-refractivity contribution in [3.63, 3.8) is 0 Å². The topological polar surface area (TPSA) is 96.7 Å². The van der Waals surface area contributed by atoms with E-state index in [1.807, 2.05) is 60.7 Å². The average Bonchev–Trinajstić information content (AvgIpc) is 2.89. The van der Waals surface area contributed by atoms with E-state index in [9.17, 15) is 10.6 Å². The van der Waals surface area contributed by atoms with Crippen molar-refractivity contribution in [2.75, 3.05) is 20.3 Å². The lowest BCUT2D eigenvalue weighted by atomic mass is 10.2. The van der Waals surface area contributed by atoms with Crippen molar-refractivity contribution >= 4 is 18.7 Å². The van der Waals surface area contributed by atoms with Crippen LogP contribution in [0.3, 0.4) is 0 Å². The average molecular weight is 506 g/mol. The number of rotatable bonds is 12. The highest BCUT2D eigenvalue weighted by Gasteiger charge is 2.50. The number of aliphatic hydroxyl groups excluding tert-OH is 1. The molecule has 0 heterocycles. The number of ether oxygens (including phenoxy) is 2. The second-order valence-corrected chi connectivity index (χ2v) is 14.0. The third-order valence-electron chi connectivity index (χ3n) is 6.25. The highest BCUT2D eigenvalue weighted by Crippen LogP contribution is 2.37. The van der Waals surface area contributed by atoms with Gasteiger partial charge in [-0.2, -0.15) is 0 Å². The van der Waals surface area contributed by atoms with Gasteiger partial charge in [0, 0.05) is 11.5 Å². The van der Waals surface area contributed by atoms with E-state index in [4.69, 9.17) is 13.9 Å². The Hall–Kier alpha value is -3.13. The van der Waals surface area contributed by atoms with Gasteiger partial charge in [-0.05, 0) is 38.6 Å². The molecule has 3 aromatic rings. The molecule has 0 amide bonds. The molecule has 8 heteroatoms. The molecule has 0 aliphatic heterocycles. The maximum Gasteiger partial charge on any atom is 0.261 e. The summed E-state index contributed by atoms with van der Waals surface area (Å²) in [5.41, 5.74) is 10.2. The maximum absolute atomic E-state index is 10.9. The normalized spacial score (nSPS) is 13.5. The Labute approximate surface area is 214 Å². The molecular formula is C28H35N3O4Si. The zero-order valence-corrected chi connectivity index (χ0v) is 22.4. The molecule has 0 unspecified atom stereocenters. The molecule has 0 bridgehead atoms. The number of aliphatic hydroxyl groups is 1. The summed E-state index contributed by atoms with van der Waals surface area (Å²) in [6.07, 6.45) is -1.02. The fraction of sp³-hybridized carbons (Fsp3) is 0.357. The van der Waals surface area contributed by atoms with Gasteiger partial charge in [-0.15, -0.1) is 0 Å². The van der Waals surface area contributed by atoms with Crippen LogP contribution in [0, 0.1) is 0 Å². The van der Waals surface area contributed by atoms with Gasteiger partial charge >= 0.3 is 0 Å². The highest BCUT2D eigenvalue weighted by molar-refractivity contribution is 6.99. The first-order valence-electron chi connectivity index (χ1n) is 12.0. The van der Waals surface area contributed by atoms with Crippen LogP contribution in [0.15, 0.2) is 90.0 Å². The second kappa shape index (κ2) is 12.7. The Bertz CT molecular complexity index is 1080. The quantitative estimate of drug-likeness (QED) is 0.165. The second-order valence-electron chi connectivity index (χ2n) is 9.68. The number of nitrogens with zero attached hydrogens (tertiary/aromatic N) is 3. The molecule has 2 atom stereocenters. The molecule has 0 radical (unpaired) electrons. The smallest absolute Gasteiger partial charge is 0.261 e. The van der Waals surface area contributed by atoms with Crippen molar-refractivity contribution < 1.29 is 19.0 Å². The van der Waals surface area contributed by atoms with Gasteiger partial charge in [0.15, 0.2) is 0 Å². The SMILES string of the molecule is COc1ccc(COC[C@@H](O)[C@@H](CO[Si](c2ccccc2)(c2ccccc2)C(C)(C)C)N=[N+]=[N-])cc1. The standard InChI is InChI=1S/C28H35N3O4Si/c1-28(2,3)36(24-11-7-5-8-12-24,25-13-9-6-10-14-25)35-20-26(30-31-29)27(32)21-34-19-22-15-17-23(33-4)18-16-22/h5-18,26-27,32H,19-21H2,1-4H3/t26-,27-/m1/s1. The van der Waals surface area contributed by atoms with Crippen molar-refractivity contribution in [2.24, 2.45) is 5.11 Å². The van der Waals surface area contributed by atoms with Crippen LogP contribution in [-0.2, 0) is 15.8 Å². The molecule has 3 rings (SSSR count). The lowest BCUT2D eigenvalue weighted by Crippen LogP contribution is -2.67. The van der Waals surface area contributed by atoms with Crippen LogP contribution in [0.25, 0.3) is 10.4 Å². The summed E-state index contributed by atoms with van der Waals surface area (Å²) in [6.45, 7) is 6.94. The van der Waals surface area contributed by atoms with Gasteiger partial charge < -0.3 is 19.0 Å². The van der Waals surface area contributed by atoms with Gasteiger partial charge in [-0.25, -0.2) is 0 Å². The van der Waals surface area contributed by atoms with E-state index in [0.717, 1.165) is 21.7 Å². The first-order chi connectivity index (χ1) is 17.3. The van der Waals surface area contributed by atoms with Crippen LogP contribution in [0.4, 0.5) is 0 Å².